The fourth-order valence-electron chi connectivity index (χ4n) is 3.47. The highest BCUT2D eigenvalue weighted by molar-refractivity contribution is 7.22. The molecule has 1 aliphatic rings. The number of hydrogen-bond acceptors (Lipinski definition) is 5. The highest BCUT2D eigenvalue weighted by Gasteiger charge is 2.27. The van der Waals surface area contributed by atoms with Gasteiger partial charge in [-0.25, -0.2) is 4.98 Å². The van der Waals surface area contributed by atoms with Gasteiger partial charge in [0.2, 0.25) is 5.91 Å². The number of nitrogens with zero attached hydrogens (tertiary/aromatic N) is 2. The van der Waals surface area contributed by atoms with Gasteiger partial charge in [-0.05, 0) is 49.6 Å². The van der Waals surface area contributed by atoms with E-state index >= 15 is 0 Å². The molecular weight excluding hydrogens is 358 g/mol. The normalized spacial score (nSPS) is 17.1. The van der Waals surface area contributed by atoms with Crippen molar-refractivity contribution in [2.24, 2.45) is 5.92 Å². The van der Waals surface area contributed by atoms with Crippen LogP contribution in [0.25, 0.3) is 10.2 Å². The van der Waals surface area contributed by atoms with Gasteiger partial charge in [-0.3, -0.25) is 4.79 Å². The number of anilines is 2. The molecule has 1 unspecified atom stereocenters. The van der Waals surface area contributed by atoms with Crippen molar-refractivity contribution < 1.29 is 9.53 Å². The molecule has 6 heteroatoms. The third kappa shape index (κ3) is 3.76. The highest BCUT2D eigenvalue weighted by Crippen LogP contribution is 2.33. The van der Waals surface area contributed by atoms with Crippen LogP contribution in [0.15, 0.2) is 42.5 Å². The minimum absolute atomic E-state index is 0.0279. The summed E-state index contributed by atoms with van der Waals surface area (Å²) in [5.74, 6) is 0.906. The zero-order chi connectivity index (χ0) is 18.8. The summed E-state index contributed by atoms with van der Waals surface area (Å²) in [6.45, 7) is 3.65. The predicted molar refractivity (Wildman–Crippen MR) is 111 cm³/mol. The number of hydrogen-bond donors (Lipinski definition) is 1. The third-order valence-electron chi connectivity index (χ3n) is 5.05. The molecule has 5 nitrogen and oxygen atoms in total. The van der Waals surface area contributed by atoms with Crippen molar-refractivity contribution in [2.45, 2.75) is 19.8 Å². The van der Waals surface area contributed by atoms with E-state index in [9.17, 15) is 4.79 Å². The molecule has 1 atom stereocenters. The lowest BCUT2D eigenvalue weighted by Gasteiger charge is -2.31. The molecule has 0 radical (unpaired) electrons. The number of benzene rings is 2. The van der Waals surface area contributed by atoms with Gasteiger partial charge in [-0.2, -0.15) is 0 Å². The zero-order valence-corrected chi connectivity index (χ0v) is 16.4. The van der Waals surface area contributed by atoms with E-state index in [1.165, 1.54) is 0 Å². The van der Waals surface area contributed by atoms with Crippen molar-refractivity contribution >= 4 is 38.3 Å². The van der Waals surface area contributed by atoms with E-state index in [4.69, 9.17) is 9.72 Å². The molecule has 27 heavy (non-hydrogen) atoms. The number of para-hydroxylation sites is 1. The zero-order valence-electron chi connectivity index (χ0n) is 15.6. The molecule has 0 bridgehead atoms. The smallest absolute Gasteiger partial charge is 0.229 e. The quantitative estimate of drug-likeness (QED) is 0.724. The number of piperidine rings is 1. The highest BCUT2D eigenvalue weighted by atomic mass is 32.1. The minimum Gasteiger partial charge on any atom is -0.497 e. The molecule has 2 heterocycles. The Labute approximate surface area is 163 Å². The van der Waals surface area contributed by atoms with E-state index < -0.39 is 0 Å². The van der Waals surface area contributed by atoms with Gasteiger partial charge in [-0.15, -0.1) is 0 Å². The molecule has 0 spiro atoms. The molecule has 1 aliphatic heterocycles. The molecule has 0 saturated carbocycles. The lowest BCUT2D eigenvalue weighted by Crippen LogP contribution is -2.40. The Hall–Kier alpha value is -2.60. The molecule has 4 rings (SSSR count). The molecule has 140 valence electrons. The average Bonchev–Trinajstić information content (AvgIpc) is 3.13. The Morgan fingerprint density at radius 3 is 2.96 bits per heavy atom. The number of fused-ring (bicyclic) bond motifs is 1. The number of carbonyl (C=O) groups is 1. The second kappa shape index (κ2) is 7.56. The van der Waals surface area contributed by atoms with E-state index in [1.54, 1.807) is 18.4 Å². The summed E-state index contributed by atoms with van der Waals surface area (Å²) in [5.41, 5.74) is 2.95. The number of ether oxygens (including phenoxy) is 1. The van der Waals surface area contributed by atoms with Gasteiger partial charge in [0.05, 0.1) is 23.2 Å². The first-order chi connectivity index (χ1) is 13.1. The fourth-order valence-corrected chi connectivity index (χ4v) is 4.50. The van der Waals surface area contributed by atoms with Gasteiger partial charge in [0.1, 0.15) is 5.75 Å². The second-order valence-corrected chi connectivity index (χ2v) is 7.93. The number of nitrogens with one attached hydrogen (secondary N) is 1. The van der Waals surface area contributed by atoms with Crippen molar-refractivity contribution in [3.63, 3.8) is 0 Å². The van der Waals surface area contributed by atoms with Gasteiger partial charge >= 0.3 is 0 Å². The van der Waals surface area contributed by atoms with E-state index in [-0.39, 0.29) is 11.8 Å². The van der Waals surface area contributed by atoms with Crippen LogP contribution in [0.5, 0.6) is 5.75 Å². The SMILES string of the molecule is COc1ccc2nc(N3CCCC(C(=O)Nc4ccccc4C)C3)sc2c1. The Kier molecular flexibility index (Phi) is 4.99. The van der Waals surface area contributed by atoms with Crippen LogP contribution >= 0.6 is 11.3 Å². The largest absolute Gasteiger partial charge is 0.497 e. The maximum absolute atomic E-state index is 12.8. The van der Waals surface area contributed by atoms with E-state index in [0.29, 0.717) is 6.54 Å². The molecule has 1 N–H and O–H groups in total. The summed E-state index contributed by atoms with van der Waals surface area (Å²) in [5, 5.41) is 4.07. The predicted octanol–water partition coefficient (Wildman–Crippen LogP) is 4.47. The molecule has 2 aromatic carbocycles. The molecule has 1 amide bonds. The monoisotopic (exact) mass is 381 g/mol. The minimum atomic E-state index is -0.0279. The van der Waals surface area contributed by atoms with Gasteiger partial charge in [0, 0.05) is 18.8 Å². The molecule has 1 saturated heterocycles. The fraction of sp³-hybridized carbons (Fsp3) is 0.333. The van der Waals surface area contributed by atoms with Crippen LogP contribution < -0.4 is 15.0 Å². The summed E-state index contributed by atoms with van der Waals surface area (Å²) >= 11 is 1.66. The number of thiazole rings is 1. The van der Waals surface area contributed by atoms with Crippen molar-refractivity contribution in [1.29, 1.82) is 0 Å². The van der Waals surface area contributed by atoms with E-state index in [1.807, 2.05) is 49.4 Å². The molecule has 0 aliphatic carbocycles. The van der Waals surface area contributed by atoms with Gasteiger partial charge < -0.3 is 15.0 Å². The summed E-state index contributed by atoms with van der Waals surface area (Å²) in [6.07, 6.45) is 1.90. The molecular formula is C21H23N3O2S. The third-order valence-corrected chi connectivity index (χ3v) is 6.13. The van der Waals surface area contributed by atoms with Crippen molar-refractivity contribution in [3.05, 3.63) is 48.0 Å². The van der Waals surface area contributed by atoms with Crippen molar-refractivity contribution in [1.82, 2.24) is 4.98 Å². The van der Waals surface area contributed by atoms with Gasteiger partial charge in [0.15, 0.2) is 5.13 Å². The Balaban J connectivity index is 1.49. The number of rotatable bonds is 4. The number of amides is 1. The van der Waals surface area contributed by atoms with Crippen molar-refractivity contribution in [3.8, 4) is 5.75 Å². The lowest BCUT2D eigenvalue weighted by molar-refractivity contribution is -0.120. The molecule has 3 aromatic rings. The van der Waals surface area contributed by atoms with E-state index in [2.05, 4.69) is 10.2 Å². The first-order valence-electron chi connectivity index (χ1n) is 9.20. The van der Waals surface area contributed by atoms with E-state index in [0.717, 1.165) is 51.7 Å². The number of aryl methyl sites for hydroxylation is 1. The Bertz CT molecular complexity index is 969. The first-order valence-corrected chi connectivity index (χ1v) is 10.0. The average molecular weight is 382 g/mol. The molecule has 1 fully saturated rings. The maximum Gasteiger partial charge on any atom is 0.229 e. The topological polar surface area (TPSA) is 54.5 Å². The van der Waals surface area contributed by atoms with Crippen LogP contribution in [0, 0.1) is 12.8 Å². The number of carbonyl (C=O) groups excluding carboxylic acids is 1. The van der Waals surface area contributed by atoms with Gasteiger partial charge in [-0.1, -0.05) is 29.5 Å². The van der Waals surface area contributed by atoms with Gasteiger partial charge in [0.25, 0.3) is 0 Å². The van der Waals surface area contributed by atoms with Crippen LogP contribution in [-0.2, 0) is 4.79 Å². The maximum atomic E-state index is 12.8. The lowest BCUT2D eigenvalue weighted by atomic mass is 9.97. The summed E-state index contributed by atoms with van der Waals surface area (Å²) in [4.78, 5) is 19.8. The second-order valence-electron chi connectivity index (χ2n) is 6.92. The van der Waals surface area contributed by atoms with Crippen LogP contribution in [0.3, 0.4) is 0 Å². The Morgan fingerprint density at radius 1 is 1.30 bits per heavy atom. The molecule has 1 aromatic heterocycles. The summed E-state index contributed by atoms with van der Waals surface area (Å²) in [7, 11) is 1.67. The Morgan fingerprint density at radius 2 is 2.15 bits per heavy atom. The summed E-state index contributed by atoms with van der Waals surface area (Å²) < 4.78 is 6.41. The van der Waals surface area contributed by atoms with Crippen molar-refractivity contribution in [2.75, 3.05) is 30.4 Å². The van der Waals surface area contributed by atoms with Crippen LogP contribution in [0.1, 0.15) is 18.4 Å². The first kappa shape index (κ1) is 17.8. The van der Waals surface area contributed by atoms with Crippen LogP contribution in [0.4, 0.5) is 10.8 Å². The summed E-state index contributed by atoms with van der Waals surface area (Å²) in [6, 6.07) is 13.8. The standard InChI is InChI=1S/C21H23N3O2S/c1-14-6-3-4-8-17(14)22-20(25)15-7-5-11-24(13-15)21-23-18-10-9-16(26-2)12-19(18)27-21/h3-4,6,8-10,12,15H,5,7,11,13H2,1-2H3,(H,22,25). The van der Waals surface area contributed by atoms with Crippen LogP contribution in [0.2, 0.25) is 0 Å². The van der Waals surface area contributed by atoms with Crippen LogP contribution in [-0.4, -0.2) is 31.1 Å². The number of aromatic nitrogens is 1. The number of methoxy groups -OCH3 is 1.